The van der Waals surface area contributed by atoms with E-state index in [1.54, 1.807) is 0 Å². The molecule has 1 rings (SSSR count). The summed E-state index contributed by atoms with van der Waals surface area (Å²) in [6.07, 6.45) is 1.02. The van der Waals surface area contributed by atoms with Crippen LogP contribution >= 0.6 is 0 Å². The van der Waals surface area contributed by atoms with Crippen LogP contribution in [-0.4, -0.2) is 16.6 Å². The molecule has 0 saturated heterocycles. The Hall–Kier alpha value is -1.59. The van der Waals surface area contributed by atoms with Crippen LogP contribution in [0.2, 0.25) is 0 Å². The van der Waals surface area contributed by atoms with Gasteiger partial charge in [0, 0.05) is 12.1 Å². The lowest BCUT2D eigenvalue weighted by Crippen LogP contribution is -2.26. The number of nitrogens with zero attached hydrogens (tertiary/aromatic N) is 3. The Morgan fingerprint density at radius 3 is 3.00 bits per heavy atom. The Morgan fingerprint density at radius 2 is 2.60 bits per heavy atom. The first-order chi connectivity index (χ1) is 4.75. The van der Waals surface area contributed by atoms with Crippen LogP contribution in [0.25, 0.3) is 0 Å². The van der Waals surface area contributed by atoms with Gasteiger partial charge in [0.1, 0.15) is 6.21 Å². The van der Waals surface area contributed by atoms with Crippen LogP contribution in [-0.2, 0) is 0 Å². The molecule has 0 spiro atoms. The average molecular weight is 143 g/mol. The maximum atomic E-state index is 10.5. The van der Waals surface area contributed by atoms with Crippen molar-refractivity contribution < 1.29 is 14.7 Å². The number of oxime groups is 1. The van der Waals surface area contributed by atoms with Crippen molar-refractivity contribution in [3.63, 3.8) is 0 Å². The van der Waals surface area contributed by atoms with Gasteiger partial charge >= 0.3 is 0 Å². The van der Waals surface area contributed by atoms with Gasteiger partial charge in [-0.05, 0) is 4.90 Å². The lowest BCUT2D eigenvalue weighted by molar-refractivity contribution is -0.806. The first kappa shape index (κ1) is 6.53. The lowest BCUT2D eigenvalue weighted by Gasteiger charge is -1.82. The summed E-state index contributed by atoms with van der Waals surface area (Å²) in [7, 11) is 0. The Kier molecular flexibility index (Phi) is 1.53. The number of rotatable bonds is 1. The van der Waals surface area contributed by atoms with Crippen LogP contribution in [0.4, 0.5) is 0 Å². The number of hydrogen-bond donors (Lipinski definition) is 1. The SMILES string of the molecule is Cc1c(/C=N\O)no[n+]1[O-]. The molecule has 0 aromatic carbocycles. The van der Waals surface area contributed by atoms with E-state index in [-0.39, 0.29) is 16.3 Å². The second-order valence-corrected chi connectivity index (χ2v) is 1.65. The number of aromatic nitrogens is 2. The highest BCUT2D eigenvalue weighted by Crippen LogP contribution is 1.92. The summed E-state index contributed by atoms with van der Waals surface area (Å²) in [6.45, 7) is 1.50. The molecule has 10 heavy (non-hydrogen) atoms. The van der Waals surface area contributed by atoms with E-state index in [4.69, 9.17) is 5.21 Å². The molecule has 0 fully saturated rings. The van der Waals surface area contributed by atoms with E-state index in [9.17, 15) is 5.21 Å². The van der Waals surface area contributed by atoms with E-state index in [1.807, 2.05) is 0 Å². The third-order valence-electron chi connectivity index (χ3n) is 1.04. The fraction of sp³-hybridized carbons (Fsp3) is 0.250. The van der Waals surface area contributed by atoms with E-state index in [0.29, 0.717) is 0 Å². The maximum Gasteiger partial charge on any atom is 0.265 e. The highest BCUT2D eigenvalue weighted by atomic mass is 16.8. The first-order valence-electron chi connectivity index (χ1n) is 2.49. The molecule has 0 saturated carbocycles. The Labute approximate surface area is 55.9 Å². The van der Waals surface area contributed by atoms with Crippen molar-refractivity contribution in [2.24, 2.45) is 5.16 Å². The largest absolute Gasteiger partial charge is 0.411 e. The van der Waals surface area contributed by atoms with Crippen LogP contribution in [0.3, 0.4) is 0 Å². The van der Waals surface area contributed by atoms with Crippen molar-refractivity contribution >= 4 is 6.21 Å². The van der Waals surface area contributed by atoms with Gasteiger partial charge in [0.15, 0.2) is 0 Å². The predicted octanol–water partition coefficient (Wildman–Crippen LogP) is -0.575. The molecule has 6 nitrogen and oxygen atoms in total. The van der Waals surface area contributed by atoms with Gasteiger partial charge in [-0.3, -0.25) is 4.63 Å². The topological polar surface area (TPSA) is 85.6 Å². The zero-order valence-electron chi connectivity index (χ0n) is 5.18. The minimum atomic E-state index is 0.220. The van der Waals surface area contributed by atoms with Gasteiger partial charge in [0.05, 0.1) is 0 Å². The van der Waals surface area contributed by atoms with Gasteiger partial charge in [-0.25, -0.2) is 0 Å². The van der Waals surface area contributed by atoms with Crippen LogP contribution in [0, 0.1) is 12.1 Å². The predicted molar refractivity (Wildman–Crippen MR) is 29.6 cm³/mol. The summed E-state index contributed by atoms with van der Waals surface area (Å²) in [6, 6.07) is 0. The molecular formula is C4H5N3O3. The molecule has 0 aliphatic carbocycles. The van der Waals surface area contributed by atoms with Gasteiger partial charge in [-0.15, -0.1) is 0 Å². The van der Waals surface area contributed by atoms with E-state index < -0.39 is 0 Å². The summed E-state index contributed by atoms with van der Waals surface area (Å²) in [4.78, 5) is 0.233. The fourth-order valence-electron chi connectivity index (χ4n) is 0.474. The lowest BCUT2D eigenvalue weighted by atomic mass is 10.4. The molecule has 6 heteroatoms. The van der Waals surface area contributed by atoms with Gasteiger partial charge in [-0.2, -0.15) is 0 Å². The first-order valence-corrected chi connectivity index (χ1v) is 2.49. The smallest absolute Gasteiger partial charge is 0.265 e. The number of hydrogen-bond acceptors (Lipinski definition) is 5. The van der Waals surface area contributed by atoms with Crippen LogP contribution in [0.5, 0.6) is 0 Å². The van der Waals surface area contributed by atoms with Crippen molar-refractivity contribution in [2.45, 2.75) is 6.92 Å². The van der Waals surface area contributed by atoms with E-state index in [1.165, 1.54) is 6.92 Å². The van der Waals surface area contributed by atoms with Crippen molar-refractivity contribution in [2.75, 3.05) is 0 Å². The molecule has 0 bridgehead atoms. The second kappa shape index (κ2) is 2.34. The van der Waals surface area contributed by atoms with Crippen LogP contribution < -0.4 is 4.90 Å². The van der Waals surface area contributed by atoms with Crippen molar-refractivity contribution in [1.82, 2.24) is 5.16 Å². The minimum absolute atomic E-state index is 0.220. The van der Waals surface area contributed by atoms with E-state index >= 15 is 0 Å². The monoisotopic (exact) mass is 143 g/mol. The minimum Gasteiger partial charge on any atom is -0.411 e. The zero-order valence-corrected chi connectivity index (χ0v) is 5.18. The van der Waals surface area contributed by atoms with E-state index in [0.717, 1.165) is 6.21 Å². The summed E-state index contributed by atoms with van der Waals surface area (Å²) < 4.78 is 4.16. The van der Waals surface area contributed by atoms with Crippen molar-refractivity contribution in [3.8, 4) is 0 Å². The maximum absolute atomic E-state index is 10.5. The Morgan fingerprint density at radius 1 is 1.90 bits per heavy atom. The Bertz CT molecular complexity index is 254. The highest BCUT2D eigenvalue weighted by Gasteiger charge is 2.10. The summed E-state index contributed by atoms with van der Waals surface area (Å²) in [5.74, 6) is 0. The molecule has 1 N–H and O–H groups in total. The quantitative estimate of drug-likeness (QED) is 0.247. The van der Waals surface area contributed by atoms with Gasteiger partial charge in [-0.1, -0.05) is 5.16 Å². The molecule has 0 aliphatic rings. The van der Waals surface area contributed by atoms with Gasteiger partial charge in [0.2, 0.25) is 5.69 Å². The summed E-state index contributed by atoms with van der Waals surface area (Å²) in [5, 5.41) is 24.4. The Balaban J connectivity index is 3.05. The molecular weight excluding hydrogens is 138 g/mol. The van der Waals surface area contributed by atoms with Gasteiger partial charge in [0.25, 0.3) is 5.69 Å². The molecule has 0 atom stereocenters. The molecule has 0 radical (unpaired) electrons. The van der Waals surface area contributed by atoms with Gasteiger partial charge < -0.3 is 10.4 Å². The molecule has 0 unspecified atom stereocenters. The fourth-order valence-corrected chi connectivity index (χ4v) is 0.474. The molecule has 0 amide bonds. The van der Waals surface area contributed by atoms with Crippen molar-refractivity contribution in [1.29, 1.82) is 0 Å². The highest BCUT2D eigenvalue weighted by molar-refractivity contribution is 5.76. The third kappa shape index (κ3) is 0.903. The second-order valence-electron chi connectivity index (χ2n) is 1.65. The average Bonchev–Trinajstić information content (AvgIpc) is 2.20. The molecule has 54 valence electrons. The standard InChI is InChI=1S/C4H5N3O3/c1-3-4(2-5-8)6-10-7(3)9/h2,8H,1H3/b5-2-. The van der Waals surface area contributed by atoms with E-state index in [2.05, 4.69) is 14.9 Å². The van der Waals surface area contributed by atoms with Crippen LogP contribution in [0.15, 0.2) is 9.78 Å². The van der Waals surface area contributed by atoms with Crippen molar-refractivity contribution in [3.05, 3.63) is 16.6 Å². The zero-order chi connectivity index (χ0) is 7.56. The molecule has 0 aliphatic heterocycles. The molecule has 1 aromatic heterocycles. The molecule has 1 heterocycles. The molecule has 1 aromatic rings. The summed E-state index contributed by atoms with van der Waals surface area (Å²) in [5.41, 5.74) is 0.482. The summed E-state index contributed by atoms with van der Waals surface area (Å²) >= 11 is 0. The van der Waals surface area contributed by atoms with Crippen LogP contribution in [0.1, 0.15) is 11.4 Å². The normalized spacial score (nSPS) is 10.9. The third-order valence-corrected chi connectivity index (χ3v) is 1.04.